The summed E-state index contributed by atoms with van der Waals surface area (Å²) in [4.78, 5) is 29.5. The first-order valence-electron chi connectivity index (χ1n) is 8.87. The molecule has 0 aromatic heterocycles. The Morgan fingerprint density at radius 3 is 2.43 bits per heavy atom. The molecule has 1 aliphatic heterocycles. The number of hydrogen-bond acceptors (Lipinski definition) is 6. The van der Waals surface area contributed by atoms with E-state index in [9.17, 15) is 27.9 Å². The summed E-state index contributed by atoms with van der Waals surface area (Å²) in [6, 6.07) is 14.2. The number of ether oxygens (including phenoxy) is 1. The maximum absolute atomic E-state index is 12.5. The van der Waals surface area contributed by atoms with Crippen LogP contribution in [-0.4, -0.2) is 40.1 Å². The summed E-state index contributed by atoms with van der Waals surface area (Å²) in [7, 11) is 0. The third kappa shape index (κ3) is 5.99. The molecule has 6 nitrogen and oxygen atoms in total. The van der Waals surface area contributed by atoms with E-state index in [1.165, 1.54) is 17.0 Å². The van der Waals surface area contributed by atoms with E-state index in [2.05, 4.69) is 9.73 Å². The van der Waals surface area contributed by atoms with Gasteiger partial charge in [0.2, 0.25) is 5.91 Å². The van der Waals surface area contributed by atoms with Gasteiger partial charge in [0.1, 0.15) is 5.75 Å². The van der Waals surface area contributed by atoms with Gasteiger partial charge in [-0.15, -0.1) is 13.2 Å². The highest BCUT2D eigenvalue weighted by Gasteiger charge is 2.33. The molecule has 158 valence electrons. The van der Waals surface area contributed by atoms with Crippen LogP contribution in [0.3, 0.4) is 0 Å². The molecule has 3 rings (SSSR count). The van der Waals surface area contributed by atoms with E-state index in [0.29, 0.717) is 6.42 Å². The van der Waals surface area contributed by atoms with Crippen molar-refractivity contribution in [3.05, 3.63) is 60.2 Å². The Hall–Kier alpha value is -3.01. The number of aliphatic carboxylic acids is 1. The molecule has 2 aromatic rings. The zero-order valence-electron chi connectivity index (χ0n) is 15.5. The van der Waals surface area contributed by atoms with Crippen molar-refractivity contribution >= 4 is 34.5 Å². The number of halogens is 3. The number of carboxylic acids is 1. The number of amidine groups is 1. The molecule has 1 heterocycles. The van der Waals surface area contributed by atoms with Gasteiger partial charge in [0.15, 0.2) is 5.17 Å². The van der Waals surface area contributed by atoms with E-state index in [-0.39, 0.29) is 23.8 Å². The Kier molecular flexibility index (Phi) is 6.66. The molecular formula is C20H16F3N2O4S-. The zero-order chi connectivity index (χ0) is 21.7. The average Bonchev–Trinajstić information content (AvgIpc) is 2.68. The lowest BCUT2D eigenvalue weighted by atomic mass is 10.1. The van der Waals surface area contributed by atoms with Crippen LogP contribution in [0.4, 0.5) is 18.9 Å². The second-order valence-electron chi connectivity index (χ2n) is 6.35. The van der Waals surface area contributed by atoms with Crippen molar-refractivity contribution in [2.24, 2.45) is 4.99 Å². The van der Waals surface area contributed by atoms with Gasteiger partial charge < -0.3 is 14.6 Å². The molecule has 1 amide bonds. The fourth-order valence-corrected chi connectivity index (χ4v) is 3.82. The van der Waals surface area contributed by atoms with Crippen LogP contribution in [0.15, 0.2) is 59.6 Å². The molecule has 0 spiro atoms. The lowest BCUT2D eigenvalue weighted by Crippen LogP contribution is -2.48. The lowest BCUT2D eigenvalue weighted by Gasteiger charge is -2.32. The highest BCUT2D eigenvalue weighted by Crippen LogP contribution is 2.30. The fourth-order valence-electron chi connectivity index (χ4n) is 2.76. The number of carboxylic acid groups (broad SMARTS) is 1. The van der Waals surface area contributed by atoms with Crippen molar-refractivity contribution in [1.29, 1.82) is 0 Å². The first-order chi connectivity index (χ1) is 14.2. The van der Waals surface area contributed by atoms with E-state index in [1.807, 2.05) is 30.3 Å². The highest BCUT2D eigenvalue weighted by atomic mass is 32.2. The molecule has 2 aromatic carbocycles. The van der Waals surface area contributed by atoms with Crippen LogP contribution in [0.25, 0.3) is 0 Å². The van der Waals surface area contributed by atoms with Gasteiger partial charge >= 0.3 is 6.36 Å². The van der Waals surface area contributed by atoms with Crippen LogP contribution in [0.5, 0.6) is 5.75 Å². The zero-order valence-corrected chi connectivity index (χ0v) is 16.3. The normalized spacial score (nSPS) is 18.5. The maximum atomic E-state index is 12.5. The smallest absolute Gasteiger partial charge is 0.549 e. The molecule has 1 fully saturated rings. The van der Waals surface area contributed by atoms with Crippen molar-refractivity contribution < 1.29 is 32.6 Å². The van der Waals surface area contributed by atoms with Gasteiger partial charge in [0.25, 0.3) is 0 Å². The number of alkyl halides is 3. The van der Waals surface area contributed by atoms with Crippen molar-refractivity contribution in [1.82, 2.24) is 4.90 Å². The third-order valence-electron chi connectivity index (χ3n) is 4.16. The molecule has 1 atom stereocenters. The van der Waals surface area contributed by atoms with Crippen LogP contribution >= 0.6 is 11.8 Å². The van der Waals surface area contributed by atoms with E-state index in [1.54, 1.807) is 0 Å². The summed E-state index contributed by atoms with van der Waals surface area (Å²) >= 11 is 0.877. The van der Waals surface area contributed by atoms with Crippen LogP contribution in [0, 0.1) is 0 Å². The van der Waals surface area contributed by atoms with E-state index < -0.39 is 29.2 Å². The molecule has 0 bridgehead atoms. The predicted octanol–water partition coefficient (Wildman–Crippen LogP) is 2.90. The summed E-state index contributed by atoms with van der Waals surface area (Å²) in [6.07, 6.45) is -4.51. The minimum atomic E-state index is -4.81. The van der Waals surface area contributed by atoms with Gasteiger partial charge in [-0.25, -0.2) is 4.99 Å². The summed E-state index contributed by atoms with van der Waals surface area (Å²) in [5.74, 6) is -2.19. The largest absolute Gasteiger partial charge is 0.573 e. The number of amides is 1. The van der Waals surface area contributed by atoms with Crippen molar-refractivity contribution in [3.8, 4) is 5.75 Å². The highest BCUT2D eigenvalue weighted by molar-refractivity contribution is 8.15. The molecule has 0 aliphatic carbocycles. The standard InChI is InChI=1S/C20H17F3N2O4S/c21-20(22,23)29-15-8-6-14(7-9-15)24-19-25(11-10-13-4-2-1-3-5-13)17(26)12-16(30-19)18(27)28/h1-9,16H,10-12H2,(H,27,28)/p-1/t16-/m1/s1. The van der Waals surface area contributed by atoms with Gasteiger partial charge in [-0.05, 0) is 36.2 Å². The first kappa shape index (κ1) is 21.7. The molecular weight excluding hydrogens is 421 g/mol. The monoisotopic (exact) mass is 437 g/mol. The average molecular weight is 437 g/mol. The van der Waals surface area contributed by atoms with Crippen LogP contribution in [-0.2, 0) is 16.0 Å². The summed E-state index contributed by atoms with van der Waals surface area (Å²) < 4.78 is 40.7. The van der Waals surface area contributed by atoms with Gasteiger partial charge in [-0.2, -0.15) is 0 Å². The number of rotatable bonds is 6. The molecule has 0 radical (unpaired) electrons. The van der Waals surface area contributed by atoms with E-state index in [0.717, 1.165) is 29.5 Å². The van der Waals surface area contributed by atoms with Crippen LogP contribution in [0.1, 0.15) is 12.0 Å². The maximum Gasteiger partial charge on any atom is 0.573 e. The number of thioether (sulfide) groups is 1. The topological polar surface area (TPSA) is 82.0 Å². The predicted molar refractivity (Wildman–Crippen MR) is 103 cm³/mol. The number of hydrogen-bond donors (Lipinski definition) is 0. The van der Waals surface area contributed by atoms with Gasteiger partial charge in [-0.1, -0.05) is 42.1 Å². The molecule has 1 aliphatic rings. The second kappa shape index (κ2) is 9.21. The third-order valence-corrected chi connectivity index (χ3v) is 5.33. The Bertz CT molecular complexity index is 933. The molecule has 0 unspecified atom stereocenters. The number of carbonyl (C=O) groups excluding carboxylic acids is 2. The van der Waals surface area contributed by atoms with Crippen molar-refractivity contribution in [2.45, 2.75) is 24.5 Å². The minimum Gasteiger partial charge on any atom is -0.549 e. The number of carbonyl (C=O) groups is 2. The van der Waals surface area contributed by atoms with Gasteiger partial charge in [-0.3, -0.25) is 9.69 Å². The number of nitrogens with zero attached hydrogens (tertiary/aromatic N) is 2. The van der Waals surface area contributed by atoms with Gasteiger partial charge in [0, 0.05) is 13.0 Å². The number of aliphatic imine (C=N–C) groups is 1. The van der Waals surface area contributed by atoms with Crippen LogP contribution in [0.2, 0.25) is 0 Å². The summed E-state index contributed by atoms with van der Waals surface area (Å²) in [5, 5.41) is 10.3. The molecule has 30 heavy (non-hydrogen) atoms. The molecule has 0 saturated carbocycles. The Morgan fingerprint density at radius 2 is 1.83 bits per heavy atom. The van der Waals surface area contributed by atoms with E-state index >= 15 is 0 Å². The first-order valence-corrected chi connectivity index (χ1v) is 9.75. The summed E-state index contributed by atoms with van der Waals surface area (Å²) in [5.41, 5.74) is 1.24. The lowest BCUT2D eigenvalue weighted by molar-refractivity contribution is -0.304. The Morgan fingerprint density at radius 1 is 1.17 bits per heavy atom. The number of benzene rings is 2. The Labute approximate surface area is 174 Å². The van der Waals surface area contributed by atoms with Crippen molar-refractivity contribution in [3.63, 3.8) is 0 Å². The SMILES string of the molecule is O=C([O-])[C@H]1CC(=O)N(CCc2ccccc2)C(=Nc2ccc(OC(F)(F)F)cc2)S1. The molecule has 1 saturated heterocycles. The van der Waals surface area contributed by atoms with Crippen molar-refractivity contribution in [2.75, 3.05) is 6.54 Å². The van der Waals surface area contributed by atoms with Crippen LogP contribution < -0.4 is 9.84 Å². The fraction of sp³-hybridized carbons (Fsp3) is 0.250. The minimum absolute atomic E-state index is 0.154. The second-order valence-corrected chi connectivity index (χ2v) is 7.52. The quantitative estimate of drug-likeness (QED) is 0.694. The summed E-state index contributed by atoms with van der Waals surface area (Å²) in [6.45, 7) is 0.281. The van der Waals surface area contributed by atoms with Gasteiger partial charge in [0.05, 0.1) is 16.9 Å². The molecule has 10 heteroatoms. The van der Waals surface area contributed by atoms with E-state index in [4.69, 9.17) is 0 Å². The Balaban J connectivity index is 1.81. The molecule has 0 N–H and O–H groups in total.